The van der Waals surface area contributed by atoms with Crippen molar-refractivity contribution >= 4 is 39.2 Å². The van der Waals surface area contributed by atoms with Crippen molar-refractivity contribution in [2.24, 2.45) is 5.92 Å². The zero-order valence-electron chi connectivity index (χ0n) is 19.5. The van der Waals surface area contributed by atoms with Crippen LogP contribution in [0.25, 0.3) is 21.3 Å². The van der Waals surface area contributed by atoms with Crippen molar-refractivity contribution in [1.82, 2.24) is 14.9 Å². The number of nitrogens with one attached hydrogen (secondary N) is 1. The summed E-state index contributed by atoms with van der Waals surface area (Å²) in [5, 5.41) is 14.8. The summed E-state index contributed by atoms with van der Waals surface area (Å²) in [6.45, 7) is 13.3. The maximum absolute atomic E-state index is 13.5. The molecule has 0 aliphatic carbocycles. The summed E-state index contributed by atoms with van der Waals surface area (Å²) in [7, 11) is 0. The van der Waals surface area contributed by atoms with Gasteiger partial charge in [0.25, 0.3) is 5.56 Å². The van der Waals surface area contributed by atoms with Gasteiger partial charge in [-0.1, -0.05) is 61.5 Å². The van der Waals surface area contributed by atoms with E-state index in [-0.39, 0.29) is 23.9 Å². The maximum Gasteiger partial charge on any atom is 0.263 e. The van der Waals surface area contributed by atoms with Gasteiger partial charge in [-0.05, 0) is 32.3 Å². The number of nitrogens with zero attached hydrogens (tertiary/aromatic N) is 3. The van der Waals surface area contributed by atoms with Crippen LogP contribution in [-0.4, -0.2) is 26.2 Å². The number of thioether (sulfide) groups is 1. The summed E-state index contributed by atoms with van der Waals surface area (Å²) in [5.41, 5.74) is 1.84. The number of benzene rings is 1. The van der Waals surface area contributed by atoms with Crippen molar-refractivity contribution in [3.05, 3.63) is 58.2 Å². The van der Waals surface area contributed by atoms with Crippen LogP contribution in [0.15, 0.2) is 52.3 Å². The van der Waals surface area contributed by atoms with E-state index in [0.29, 0.717) is 15.4 Å². The zero-order valence-corrected chi connectivity index (χ0v) is 21.1. The molecule has 0 bridgehead atoms. The third-order valence-corrected chi connectivity index (χ3v) is 7.72. The van der Waals surface area contributed by atoms with Gasteiger partial charge in [0.05, 0.1) is 16.7 Å². The quantitative estimate of drug-likeness (QED) is 0.273. The van der Waals surface area contributed by atoms with Gasteiger partial charge in [-0.2, -0.15) is 5.26 Å². The summed E-state index contributed by atoms with van der Waals surface area (Å²) < 4.78 is 1.56. The van der Waals surface area contributed by atoms with E-state index in [4.69, 9.17) is 4.98 Å². The summed E-state index contributed by atoms with van der Waals surface area (Å²) in [4.78, 5) is 31.7. The first-order chi connectivity index (χ1) is 15.6. The number of rotatable bonds is 8. The molecule has 2 atom stereocenters. The zero-order chi connectivity index (χ0) is 24.3. The molecule has 2 unspecified atom stereocenters. The molecule has 2 aromatic heterocycles. The number of aromatic nitrogens is 2. The molecule has 0 spiro atoms. The van der Waals surface area contributed by atoms with Crippen LogP contribution in [0.5, 0.6) is 0 Å². The molecule has 0 fully saturated rings. The highest BCUT2D eigenvalue weighted by molar-refractivity contribution is 8.00. The van der Waals surface area contributed by atoms with E-state index in [1.54, 1.807) is 24.5 Å². The first-order valence-electron chi connectivity index (χ1n) is 10.7. The molecule has 3 rings (SSSR count). The summed E-state index contributed by atoms with van der Waals surface area (Å²) in [5.74, 6) is -0.327. The second kappa shape index (κ2) is 9.94. The van der Waals surface area contributed by atoms with Gasteiger partial charge < -0.3 is 5.32 Å². The third-order valence-electron chi connectivity index (χ3n) is 5.75. The van der Waals surface area contributed by atoms with Crippen molar-refractivity contribution in [1.29, 1.82) is 5.26 Å². The highest BCUT2D eigenvalue weighted by Crippen LogP contribution is 2.33. The van der Waals surface area contributed by atoms with E-state index in [2.05, 4.69) is 18.0 Å². The van der Waals surface area contributed by atoms with Gasteiger partial charge in [0.2, 0.25) is 5.91 Å². The fraction of sp³-hybridized carbons (Fsp3) is 0.360. The van der Waals surface area contributed by atoms with Gasteiger partial charge in [0.1, 0.15) is 10.4 Å². The van der Waals surface area contributed by atoms with Crippen molar-refractivity contribution in [3.63, 3.8) is 0 Å². The third kappa shape index (κ3) is 5.05. The van der Waals surface area contributed by atoms with Crippen LogP contribution in [0.2, 0.25) is 0 Å². The van der Waals surface area contributed by atoms with Crippen LogP contribution >= 0.6 is 23.1 Å². The predicted octanol–water partition coefficient (Wildman–Crippen LogP) is 5.15. The smallest absolute Gasteiger partial charge is 0.263 e. The first-order valence-corrected chi connectivity index (χ1v) is 12.5. The minimum atomic E-state index is -0.971. The fourth-order valence-corrected chi connectivity index (χ4v) is 5.11. The number of thiophene rings is 1. The molecule has 8 heteroatoms. The number of fused-ring (bicyclic) bond motifs is 1. The maximum atomic E-state index is 13.5. The summed E-state index contributed by atoms with van der Waals surface area (Å²) in [6.07, 6.45) is 1.65. The topological polar surface area (TPSA) is 87.8 Å². The van der Waals surface area contributed by atoms with E-state index < -0.39 is 10.8 Å². The molecule has 172 valence electrons. The Kier molecular flexibility index (Phi) is 7.45. The Bertz CT molecular complexity index is 1280. The van der Waals surface area contributed by atoms with E-state index in [1.807, 2.05) is 50.4 Å². The highest BCUT2D eigenvalue weighted by atomic mass is 32.2. The number of carbonyl (C=O) groups excluding carboxylic acids is 1. The molecule has 33 heavy (non-hydrogen) atoms. The molecule has 1 N–H and O–H groups in total. The van der Waals surface area contributed by atoms with Crippen LogP contribution < -0.4 is 10.9 Å². The highest BCUT2D eigenvalue weighted by Gasteiger charge is 2.32. The largest absolute Gasteiger partial charge is 0.337 e. The number of hydrogen-bond donors (Lipinski definition) is 1. The average molecular weight is 481 g/mol. The molecule has 1 amide bonds. The Morgan fingerprint density at radius 1 is 1.36 bits per heavy atom. The monoisotopic (exact) mass is 480 g/mol. The lowest BCUT2D eigenvalue weighted by Crippen LogP contribution is -2.51. The molecule has 1 aromatic carbocycles. The van der Waals surface area contributed by atoms with Gasteiger partial charge >= 0.3 is 0 Å². The van der Waals surface area contributed by atoms with Crippen molar-refractivity contribution in [2.75, 3.05) is 0 Å². The number of allylic oxidation sites excluding steroid dienone is 1. The summed E-state index contributed by atoms with van der Waals surface area (Å²) >= 11 is 2.62. The fourth-order valence-electron chi connectivity index (χ4n) is 3.20. The molecule has 0 aliphatic heterocycles. The van der Waals surface area contributed by atoms with Gasteiger partial charge in [-0.15, -0.1) is 17.9 Å². The lowest BCUT2D eigenvalue weighted by atomic mass is 9.90. The lowest BCUT2D eigenvalue weighted by Gasteiger charge is -2.28. The van der Waals surface area contributed by atoms with E-state index in [0.717, 1.165) is 16.7 Å². The lowest BCUT2D eigenvalue weighted by molar-refractivity contribution is -0.121. The normalized spacial score (nSPS) is 14.0. The first kappa shape index (κ1) is 24.7. The second-order valence-corrected chi connectivity index (χ2v) is 10.7. The molecule has 6 nitrogen and oxygen atoms in total. The molecular formula is C25H28N4O2S2. The second-order valence-electron chi connectivity index (χ2n) is 8.51. The number of nitriles is 1. The van der Waals surface area contributed by atoms with Gasteiger partial charge in [-0.25, -0.2) is 4.98 Å². The predicted molar refractivity (Wildman–Crippen MR) is 137 cm³/mol. The Balaban J connectivity index is 2.00. The molecule has 0 saturated heterocycles. The van der Waals surface area contributed by atoms with Crippen LogP contribution in [-0.2, 0) is 11.3 Å². The van der Waals surface area contributed by atoms with Crippen molar-refractivity contribution < 1.29 is 4.79 Å². The molecular weight excluding hydrogens is 452 g/mol. The molecule has 3 aromatic rings. The molecule has 0 saturated carbocycles. The number of carbonyl (C=O) groups is 1. The van der Waals surface area contributed by atoms with E-state index in [9.17, 15) is 14.9 Å². The van der Waals surface area contributed by atoms with Crippen molar-refractivity contribution in [2.45, 2.75) is 57.1 Å². The number of amides is 1. The average Bonchev–Trinajstić information content (AvgIpc) is 3.20. The van der Waals surface area contributed by atoms with Crippen molar-refractivity contribution in [3.8, 4) is 17.2 Å². The Morgan fingerprint density at radius 2 is 2.03 bits per heavy atom. The number of hydrogen-bond acceptors (Lipinski definition) is 6. The van der Waals surface area contributed by atoms with E-state index >= 15 is 0 Å². The Labute approximate surface area is 202 Å². The van der Waals surface area contributed by atoms with Crippen LogP contribution in [0.3, 0.4) is 0 Å². The minimum Gasteiger partial charge on any atom is -0.337 e. The van der Waals surface area contributed by atoms with Gasteiger partial charge in [-0.3, -0.25) is 14.2 Å². The standard InChI is InChI=1S/C25H28N4O2S2/c1-7-12-29-23(31)20-19(18-10-8-16(4)9-11-18)13-32-22(20)27-24(29)33-17(5)21(30)28-25(6,14-26)15(2)3/h7-11,13,15,17H,1,12H2,2-6H3,(H,28,30). The molecule has 0 radical (unpaired) electrons. The van der Waals surface area contributed by atoms with Gasteiger partial charge in [0.15, 0.2) is 5.16 Å². The van der Waals surface area contributed by atoms with Crippen LogP contribution in [0.1, 0.15) is 33.3 Å². The SMILES string of the molecule is C=CCn1c(SC(C)C(=O)NC(C)(C#N)C(C)C)nc2scc(-c3ccc(C)cc3)c2c1=O. The molecule has 2 heterocycles. The number of aryl methyl sites for hydroxylation is 1. The minimum absolute atomic E-state index is 0.0524. The van der Waals surface area contributed by atoms with E-state index in [1.165, 1.54) is 23.1 Å². The Morgan fingerprint density at radius 3 is 2.61 bits per heavy atom. The van der Waals surface area contributed by atoms with Crippen LogP contribution in [0.4, 0.5) is 0 Å². The van der Waals surface area contributed by atoms with Gasteiger partial charge in [0, 0.05) is 17.5 Å². The van der Waals surface area contributed by atoms with Crippen LogP contribution in [0, 0.1) is 24.2 Å². The molecule has 0 aliphatic rings. The summed E-state index contributed by atoms with van der Waals surface area (Å²) in [6, 6.07) is 10.2. The Hall–Kier alpha value is -2.89.